The van der Waals surface area contributed by atoms with Crippen molar-refractivity contribution in [3.63, 3.8) is 0 Å². The molecule has 1 fully saturated rings. The fourth-order valence-electron chi connectivity index (χ4n) is 2.54. The molecule has 1 saturated heterocycles. The normalized spacial score (nSPS) is 16.0. The summed E-state index contributed by atoms with van der Waals surface area (Å²) in [5.74, 6) is -1.95. The van der Waals surface area contributed by atoms with E-state index in [0.717, 1.165) is 0 Å². The monoisotopic (exact) mass is 403 g/mol. The molecule has 7 nitrogen and oxygen atoms in total. The third-order valence-electron chi connectivity index (χ3n) is 3.89. The SMILES string of the molecule is CCN1C(=O)/C(=C/c2ccc(-c3ccc(Cl)c(C(=O)[O-])c3)o2)C(=O)NC1=S. The average Bonchev–Trinajstić information content (AvgIpc) is 3.07. The number of nitrogens with one attached hydrogen (secondary N) is 1. The summed E-state index contributed by atoms with van der Waals surface area (Å²) in [6.45, 7) is 2.05. The Morgan fingerprint density at radius 1 is 1.33 bits per heavy atom. The summed E-state index contributed by atoms with van der Waals surface area (Å²) in [5.41, 5.74) is 0.177. The molecule has 2 aromatic rings. The molecule has 0 atom stereocenters. The van der Waals surface area contributed by atoms with Gasteiger partial charge in [-0.3, -0.25) is 19.8 Å². The number of carbonyl (C=O) groups excluding carboxylic acids is 3. The number of carboxylic acid groups (broad SMARTS) is 1. The van der Waals surface area contributed by atoms with E-state index in [1.807, 2.05) is 0 Å². The van der Waals surface area contributed by atoms with Crippen LogP contribution in [0.3, 0.4) is 0 Å². The Morgan fingerprint density at radius 3 is 2.74 bits per heavy atom. The summed E-state index contributed by atoms with van der Waals surface area (Å²) < 4.78 is 5.62. The van der Waals surface area contributed by atoms with E-state index in [-0.39, 0.29) is 27.0 Å². The number of nitrogens with zero attached hydrogens (tertiary/aromatic N) is 1. The second-order valence-corrected chi connectivity index (χ2v) is 6.34. The van der Waals surface area contributed by atoms with E-state index >= 15 is 0 Å². The quantitative estimate of drug-likeness (QED) is 0.472. The van der Waals surface area contributed by atoms with E-state index in [1.54, 1.807) is 25.1 Å². The van der Waals surface area contributed by atoms with Gasteiger partial charge in [0.1, 0.15) is 17.1 Å². The van der Waals surface area contributed by atoms with Crippen molar-refractivity contribution in [3.8, 4) is 11.3 Å². The standard InChI is InChI=1S/C18H13ClN2O5S/c1-2-21-16(23)12(15(22)20-18(21)27)8-10-4-6-14(26-10)9-3-5-13(19)11(7-9)17(24)25/h3-8H,2H2,1H3,(H,24,25)(H,20,22,27)/p-1/b12-8+. The highest BCUT2D eigenvalue weighted by Gasteiger charge is 2.32. The number of amides is 2. The summed E-state index contributed by atoms with van der Waals surface area (Å²) in [6.07, 6.45) is 1.31. The number of carbonyl (C=O) groups is 3. The van der Waals surface area contributed by atoms with Crippen molar-refractivity contribution in [2.45, 2.75) is 6.92 Å². The van der Waals surface area contributed by atoms with E-state index in [2.05, 4.69) is 5.32 Å². The Hall–Kier alpha value is -2.97. The zero-order valence-electron chi connectivity index (χ0n) is 13.9. The van der Waals surface area contributed by atoms with Crippen LogP contribution in [0.5, 0.6) is 0 Å². The number of benzene rings is 1. The lowest BCUT2D eigenvalue weighted by Crippen LogP contribution is -2.53. The predicted octanol–water partition coefficient (Wildman–Crippen LogP) is 1.61. The van der Waals surface area contributed by atoms with Crippen LogP contribution >= 0.6 is 23.8 Å². The van der Waals surface area contributed by atoms with Crippen LogP contribution in [0.25, 0.3) is 17.4 Å². The smallest absolute Gasteiger partial charge is 0.265 e. The largest absolute Gasteiger partial charge is 0.545 e. The molecule has 0 radical (unpaired) electrons. The maximum atomic E-state index is 12.4. The van der Waals surface area contributed by atoms with Crippen LogP contribution in [0.1, 0.15) is 23.0 Å². The molecule has 1 aliphatic rings. The van der Waals surface area contributed by atoms with E-state index in [9.17, 15) is 19.5 Å². The lowest BCUT2D eigenvalue weighted by molar-refractivity contribution is -0.255. The van der Waals surface area contributed by atoms with Gasteiger partial charge in [-0.1, -0.05) is 11.6 Å². The summed E-state index contributed by atoms with van der Waals surface area (Å²) in [5, 5.41) is 13.6. The molecule has 27 heavy (non-hydrogen) atoms. The molecule has 1 aromatic heterocycles. The lowest BCUT2D eigenvalue weighted by Gasteiger charge is -2.27. The van der Waals surface area contributed by atoms with Crippen LogP contribution in [-0.2, 0) is 9.59 Å². The summed E-state index contributed by atoms with van der Waals surface area (Å²) in [7, 11) is 0. The number of halogens is 1. The molecule has 9 heteroatoms. The van der Waals surface area contributed by atoms with Gasteiger partial charge >= 0.3 is 0 Å². The fourth-order valence-corrected chi connectivity index (χ4v) is 3.04. The topological polar surface area (TPSA) is 103 Å². The highest BCUT2D eigenvalue weighted by atomic mass is 35.5. The summed E-state index contributed by atoms with van der Waals surface area (Å²) in [6, 6.07) is 7.46. The number of carboxylic acids is 1. The molecule has 0 spiro atoms. The predicted molar refractivity (Wildman–Crippen MR) is 99.6 cm³/mol. The molecule has 3 rings (SSSR count). The number of furan rings is 1. The molecule has 1 aliphatic heterocycles. The number of likely N-dealkylation sites (N-methyl/N-ethyl adjacent to an activating group) is 1. The van der Waals surface area contributed by atoms with Crippen molar-refractivity contribution in [2.75, 3.05) is 6.54 Å². The maximum absolute atomic E-state index is 12.4. The first-order chi connectivity index (χ1) is 12.8. The number of hydrogen-bond donors (Lipinski definition) is 1. The first-order valence-corrected chi connectivity index (χ1v) is 8.60. The number of hydrogen-bond acceptors (Lipinski definition) is 6. The van der Waals surface area contributed by atoms with Gasteiger partial charge in [0.2, 0.25) is 0 Å². The molecule has 2 heterocycles. The maximum Gasteiger partial charge on any atom is 0.265 e. The average molecular weight is 404 g/mol. The van der Waals surface area contributed by atoms with E-state index in [0.29, 0.717) is 17.9 Å². The molecular formula is C18H12ClN2O5S-. The Labute approximate surface area is 164 Å². The fraction of sp³-hybridized carbons (Fsp3) is 0.111. The first-order valence-electron chi connectivity index (χ1n) is 7.81. The Kier molecular flexibility index (Phi) is 5.11. The zero-order valence-corrected chi connectivity index (χ0v) is 15.5. The molecule has 0 saturated carbocycles. The van der Waals surface area contributed by atoms with Crippen molar-refractivity contribution in [1.29, 1.82) is 0 Å². The van der Waals surface area contributed by atoms with Gasteiger partial charge in [0.15, 0.2) is 5.11 Å². The Bertz CT molecular complexity index is 1010. The minimum absolute atomic E-state index is 0.0488. The van der Waals surface area contributed by atoms with E-state index in [1.165, 1.54) is 23.1 Å². The summed E-state index contributed by atoms with van der Waals surface area (Å²) in [4.78, 5) is 36.8. The Morgan fingerprint density at radius 2 is 2.07 bits per heavy atom. The van der Waals surface area contributed by atoms with Crippen LogP contribution in [0, 0.1) is 0 Å². The van der Waals surface area contributed by atoms with Crippen molar-refractivity contribution in [2.24, 2.45) is 0 Å². The number of rotatable bonds is 4. The molecule has 0 unspecified atom stereocenters. The number of thiocarbonyl (C=S) groups is 1. The minimum atomic E-state index is -1.41. The van der Waals surface area contributed by atoms with Gasteiger partial charge in [-0.2, -0.15) is 0 Å². The second-order valence-electron chi connectivity index (χ2n) is 5.55. The molecule has 1 N–H and O–H groups in total. The van der Waals surface area contributed by atoms with Gasteiger partial charge in [-0.25, -0.2) is 0 Å². The molecule has 0 aliphatic carbocycles. The molecule has 0 bridgehead atoms. The van der Waals surface area contributed by atoms with Crippen molar-refractivity contribution in [3.05, 3.63) is 52.3 Å². The molecule has 2 amide bonds. The molecule has 138 valence electrons. The highest BCUT2D eigenvalue weighted by molar-refractivity contribution is 7.80. The van der Waals surface area contributed by atoms with Crippen molar-refractivity contribution < 1.29 is 23.9 Å². The van der Waals surface area contributed by atoms with Gasteiger partial charge in [-0.15, -0.1) is 0 Å². The third-order valence-corrected chi connectivity index (χ3v) is 4.54. The lowest BCUT2D eigenvalue weighted by atomic mass is 10.1. The van der Waals surface area contributed by atoms with E-state index in [4.69, 9.17) is 28.2 Å². The van der Waals surface area contributed by atoms with E-state index < -0.39 is 17.8 Å². The zero-order chi connectivity index (χ0) is 19.7. The minimum Gasteiger partial charge on any atom is -0.545 e. The first kappa shape index (κ1) is 18.8. The Balaban J connectivity index is 1.94. The molecular weight excluding hydrogens is 392 g/mol. The van der Waals surface area contributed by atoms with Crippen LogP contribution in [0.15, 0.2) is 40.3 Å². The summed E-state index contributed by atoms with van der Waals surface area (Å²) >= 11 is 10.8. The van der Waals surface area contributed by atoms with Crippen molar-refractivity contribution >= 4 is 52.8 Å². The van der Waals surface area contributed by atoms with Gasteiger partial charge < -0.3 is 14.3 Å². The third kappa shape index (κ3) is 3.62. The highest BCUT2D eigenvalue weighted by Crippen LogP contribution is 2.27. The van der Waals surface area contributed by atoms with Crippen molar-refractivity contribution in [1.82, 2.24) is 10.2 Å². The second kappa shape index (κ2) is 7.34. The molecule has 1 aromatic carbocycles. The van der Waals surface area contributed by atoms with Crippen LogP contribution in [0.2, 0.25) is 5.02 Å². The van der Waals surface area contributed by atoms with Crippen LogP contribution in [0.4, 0.5) is 0 Å². The van der Waals surface area contributed by atoms with Gasteiger partial charge in [0.05, 0.1) is 5.97 Å². The number of aromatic carboxylic acids is 1. The van der Waals surface area contributed by atoms with Gasteiger partial charge in [0, 0.05) is 22.7 Å². The van der Waals surface area contributed by atoms with Gasteiger partial charge in [-0.05, 0) is 55.5 Å². The van der Waals surface area contributed by atoms with Crippen LogP contribution < -0.4 is 10.4 Å². The van der Waals surface area contributed by atoms with Gasteiger partial charge in [0.25, 0.3) is 11.8 Å². The van der Waals surface area contributed by atoms with Crippen LogP contribution in [-0.4, -0.2) is 34.3 Å².